The third-order valence-electron chi connectivity index (χ3n) is 3.14. The molecule has 1 rings (SSSR count). The normalized spacial score (nSPS) is 12.7. The van der Waals surface area contributed by atoms with Gasteiger partial charge in [0.15, 0.2) is 0 Å². The highest BCUT2D eigenvalue weighted by molar-refractivity contribution is 5.94. The number of rotatable bonds is 6. The molecule has 0 aliphatic carbocycles. The van der Waals surface area contributed by atoms with Crippen molar-refractivity contribution in [2.45, 2.75) is 39.8 Å². The number of nitrogens with one attached hydrogen (secondary N) is 1. The van der Waals surface area contributed by atoms with Gasteiger partial charge in [0.2, 0.25) is 0 Å². The summed E-state index contributed by atoms with van der Waals surface area (Å²) in [6, 6.07) is 4.42. The van der Waals surface area contributed by atoms with Crippen LogP contribution in [-0.2, 0) is 6.54 Å². The largest absolute Gasteiger partial charge is 0.382 e. The number of hydrogen-bond donors (Lipinski definition) is 2. The van der Waals surface area contributed by atoms with E-state index < -0.39 is 0 Å². The molecule has 0 bridgehead atoms. The minimum atomic E-state index is 0.0424. The lowest BCUT2D eigenvalue weighted by Crippen LogP contribution is -2.33. The second kappa shape index (κ2) is 6.35. The van der Waals surface area contributed by atoms with Crippen molar-refractivity contribution in [3.05, 3.63) is 29.6 Å². The van der Waals surface area contributed by atoms with E-state index in [0.29, 0.717) is 11.7 Å². The van der Waals surface area contributed by atoms with Gasteiger partial charge in [-0.2, -0.15) is 0 Å². The molecule has 0 spiro atoms. The monoisotopic (exact) mass is 234 g/mol. The smallest absolute Gasteiger partial charge is 0.142 e. The first kappa shape index (κ1) is 13.6. The molecule has 3 N–H and O–H groups in total. The molecule has 0 fully saturated rings. The molecule has 0 saturated carbocycles. The van der Waals surface area contributed by atoms with Crippen LogP contribution in [0, 0.1) is 5.41 Å². The van der Waals surface area contributed by atoms with Gasteiger partial charge in [-0.05, 0) is 31.5 Å². The van der Waals surface area contributed by atoms with E-state index in [0.717, 1.165) is 25.1 Å². The summed E-state index contributed by atoms with van der Waals surface area (Å²) in [5.41, 5.74) is 7.18. The molecule has 4 nitrogen and oxygen atoms in total. The number of nitrogens with two attached hydrogens (primary N) is 1. The first-order chi connectivity index (χ1) is 8.10. The van der Waals surface area contributed by atoms with Crippen molar-refractivity contribution in [2.75, 3.05) is 6.54 Å². The summed E-state index contributed by atoms with van der Waals surface area (Å²) >= 11 is 0. The van der Waals surface area contributed by atoms with Crippen molar-refractivity contribution in [2.24, 2.45) is 5.73 Å². The zero-order valence-corrected chi connectivity index (χ0v) is 10.9. The van der Waals surface area contributed by atoms with E-state index in [2.05, 4.69) is 30.7 Å². The second-order valence-electron chi connectivity index (χ2n) is 4.25. The van der Waals surface area contributed by atoms with Crippen LogP contribution in [0.1, 0.15) is 38.4 Å². The van der Waals surface area contributed by atoms with Crippen LogP contribution < -0.4 is 5.73 Å². The first-order valence-corrected chi connectivity index (χ1v) is 6.12. The fourth-order valence-corrected chi connectivity index (χ4v) is 1.87. The maximum absolute atomic E-state index is 7.53. The van der Waals surface area contributed by atoms with Gasteiger partial charge in [0.05, 0.1) is 0 Å². The Labute approximate surface area is 103 Å². The molecule has 4 heteroatoms. The van der Waals surface area contributed by atoms with E-state index in [-0.39, 0.29) is 5.84 Å². The highest BCUT2D eigenvalue weighted by Gasteiger charge is 2.14. The molecule has 0 aromatic carbocycles. The molecule has 0 aliphatic rings. The molecule has 1 heterocycles. The number of nitrogen functional groups attached to an aromatic ring is 1. The Hall–Kier alpha value is -1.42. The van der Waals surface area contributed by atoms with Crippen LogP contribution in [0.3, 0.4) is 0 Å². The summed E-state index contributed by atoms with van der Waals surface area (Å²) < 4.78 is 0. The van der Waals surface area contributed by atoms with E-state index in [1.54, 1.807) is 6.20 Å². The zero-order valence-electron chi connectivity index (χ0n) is 10.9. The van der Waals surface area contributed by atoms with Gasteiger partial charge in [-0.25, -0.2) is 0 Å². The van der Waals surface area contributed by atoms with Crippen molar-refractivity contribution >= 4 is 5.84 Å². The van der Waals surface area contributed by atoms with Gasteiger partial charge >= 0.3 is 0 Å². The Bertz CT molecular complexity index is 375. The topological polar surface area (TPSA) is 66.0 Å². The van der Waals surface area contributed by atoms with Crippen molar-refractivity contribution in [3.8, 4) is 0 Å². The lowest BCUT2D eigenvalue weighted by molar-refractivity contribution is 0.206. The van der Waals surface area contributed by atoms with Gasteiger partial charge in [-0.1, -0.05) is 19.9 Å². The lowest BCUT2D eigenvalue weighted by Gasteiger charge is -2.27. The van der Waals surface area contributed by atoms with Crippen LogP contribution in [0.4, 0.5) is 0 Å². The number of nitrogens with zero attached hydrogens (tertiary/aromatic N) is 2. The summed E-state index contributed by atoms with van der Waals surface area (Å²) in [5.74, 6) is 0.0424. The molecular weight excluding hydrogens is 212 g/mol. The molecule has 0 aliphatic heterocycles. The Balaban J connectivity index is 2.89. The van der Waals surface area contributed by atoms with E-state index in [1.165, 1.54) is 0 Å². The Kier molecular flexibility index (Phi) is 5.10. The van der Waals surface area contributed by atoms with E-state index in [1.807, 2.05) is 12.1 Å². The van der Waals surface area contributed by atoms with Gasteiger partial charge in [0.25, 0.3) is 0 Å². The van der Waals surface area contributed by atoms with Gasteiger partial charge in [-0.15, -0.1) is 0 Å². The number of pyridine rings is 1. The van der Waals surface area contributed by atoms with Crippen LogP contribution in [0.25, 0.3) is 0 Å². The Morgan fingerprint density at radius 2 is 2.24 bits per heavy atom. The highest BCUT2D eigenvalue weighted by Crippen LogP contribution is 2.12. The predicted octanol–water partition coefficient (Wildman–Crippen LogP) is 1.99. The lowest BCUT2D eigenvalue weighted by atomic mass is 10.1. The predicted molar refractivity (Wildman–Crippen MR) is 71.1 cm³/mol. The van der Waals surface area contributed by atoms with Gasteiger partial charge in [0, 0.05) is 18.8 Å². The molecule has 0 amide bonds. The summed E-state index contributed by atoms with van der Waals surface area (Å²) in [5, 5.41) is 7.53. The van der Waals surface area contributed by atoms with Crippen LogP contribution in [-0.4, -0.2) is 28.3 Å². The molecule has 1 aromatic heterocycles. The Morgan fingerprint density at radius 3 is 2.76 bits per heavy atom. The third kappa shape index (κ3) is 3.53. The maximum atomic E-state index is 7.53. The number of amidine groups is 1. The highest BCUT2D eigenvalue weighted by atomic mass is 15.1. The van der Waals surface area contributed by atoms with Crippen LogP contribution in [0.15, 0.2) is 18.3 Å². The van der Waals surface area contributed by atoms with Gasteiger partial charge in [0.1, 0.15) is 11.5 Å². The van der Waals surface area contributed by atoms with E-state index in [4.69, 9.17) is 11.1 Å². The fourth-order valence-electron chi connectivity index (χ4n) is 1.87. The zero-order chi connectivity index (χ0) is 12.8. The molecular formula is C13H22N4. The summed E-state index contributed by atoms with van der Waals surface area (Å²) in [6.45, 7) is 8.33. The summed E-state index contributed by atoms with van der Waals surface area (Å²) in [7, 11) is 0. The quantitative estimate of drug-likeness (QED) is 0.584. The molecule has 94 valence electrons. The molecule has 0 saturated heterocycles. The molecule has 17 heavy (non-hydrogen) atoms. The molecule has 1 aromatic rings. The molecule has 1 atom stereocenters. The average Bonchev–Trinajstić information content (AvgIpc) is 2.35. The summed E-state index contributed by atoms with van der Waals surface area (Å²) in [4.78, 5) is 6.54. The SMILES string of the molecule is CCC(C)N(CC)Cc1cccnc1C(=N)N. The third-order valence-corrected chi connectivity index (χ3v) is 3.14. The number of aromatic nitrogens is 1. The molecule has 0 radical (unpaired) electrons. The fraction of sp³-hybridized carbons (Fsp3) is 0.538. The first-order valence-electron chi connectivity index (χ1n) is 6.12. The van der Waals surface area contributed by atoms with Crippen molar-refractivity contribution in [3.63, 3.8) is 0 Å². The van der Waals surface area contributed by atoms with Crippen molar-refractivity contribution < 1.29 is 0 Å². The van der Waals surface area contributed by atoms with Crippen molar-refractivity contribution in [1.82, 2.24) is 9.88 Å². The van der Waals surface area contributed by atoms with Crippen molar-refractivity contribution in [1.29, 1.82) is 5.41 Å². The molecule has 1 unspecified atom stereocenters. The van der Waals surface area contributed by atoms with Gasteiger partial charge < -0.3 is 5.73 Å². The van der Waals surface area contributed by atoms with E-state index in [9.17, 15) is 0 Å². The van der Waals surface area contributed by atoms with E-state index >= 15 is 0 Å². The van der Waals surface area contributed by atoms with Crippen LogP contribution >= 0.6 is 0 Å². The second-order valence-corrected chi connectivity index (χ2v) is 4.25. The minimum Gasteiger partial charge on any atom is -0.382 e. The van der Waals surface area contributed by atoms with Crippen LogP contribution in [0.2, 0.25) is 0 Å². The maximum Gasteiger partial charge on any atom is 0.142 e. The Morgan fingerprint density at radius 1 is 1.53 bits per heavy atom. The minimum absolute atomic E-state index is 0.0424. The number of hydrogen-bond acceptors (Lipinski definition) is 3. The standard InChI is InChI=1S/C13H22N4/c1-4-10(3)17(5-2)9-11-7-6-8-16-12(11)13(14)15/h6-8,10H,4-5,9H2,1-3H3,(H3,14,15). The van der Waals surface area contributed by atoms with Crippen LogP contribution in [0.5, 0.6) is 0 Å². The van der Waals surface area contributed by atoms with Gasteiger partial charge in [-0.3, -0.25) is 15.3 Å². The average molecular weight is 234 g/mol. The summed E-state index contributed by atoms with van der Waals surface area (Å²) in [6.07, 6.45) is 2.79.